The van der Waals surface area contributed by atoms with Crippen LogP contribution in [-0.4, -0.2) is 41.4 Å². The summed E-state index contributed by atoms with van der Waals surface area (Å²) in [6, 6.07) is 1.96. The van der Waals surface area contributed by atoms with Crippen molar-refractivity contribution in [3.8, 4) is 0 Å². The van der Waals surface area contributed by atoms with Crippen LogP contribution in [0, 0.1) is 0 Å². The van der Waals surface area contributed by atoms with Crippen molar-refractivity contribution in [3.63, 3.8) is 0 Å². The van der Waals surface area contributed by atoms with Crippen molar-refractivity contribution in [1.82, 2.24) is 14.8 Å². The minimum atomic E-state index is -0.161. The smallest absolute Gasteiger partial charge is 0.270 e. The van der Waals surface area contributed by atoms with Crippen LogP contribution < -0.4 is 5.32 Å². The summed E-state index contributed by atoms with van der Waals surface area (Å²) in [6.45, 7) is 6.49. The molecule has 1 rings (SSSR count). The van der Waals surface area contributed by atoms with Crippen LogP contribution in [0.15, 0.2) is 16.7 Å². The molecule has 0 spiro atoms. The summed E-state index contributed by atoms with van der Waals surface area (Å²) >= 11 is 3.37. The zero-order chi connectivity index (χ0) is 14.6. The van der Waals surface area contributed by atoms with E-state index in [4.69, 9.17) is 0 Å². The minimum Gasteiger partial charge on any atom is -0.355 e. The van der Waals surface area contributed by atoms with E-state index in [1.807, 2.05) is 31.5 Å². The zero-order valence-electron chi connectivity index (χ0n) is 11.7. The van der Waals surface area contributed by atoms with E-state index in [1.165, 1.54) is 4.90 Å². The maximum Gasteiger partial charge on any atom is 0.270 e. The molecule has 1 aromatic heterocycles. The molecule has 1 N–H and O–H groups in total. The predicted octanol–water partition coefficient (Wildman–Crippen LogP) is 2.04. The summed E-state index contributed by atoms with van der Waals surface area (Å²) in [5.74, 6) is -0.314. The Morgan fingerprint density at radius 1 is 1.47 bits per heavy atom. The summed E-state index contributed by atoms with van der Waals surface area (Å²) in [4.78, 5) is 25.2. The second-order valence-corrected chi connectivity index (χ2v) is 5.57. The van der Waals surface area contributed by atoms with Crippen LogP contribution in [-0.2, 0) is 4.79 Å². The Morgan fingerprint density at radius 2 is 2.11 bits per heavy atom. The molecule has 1 aromatic rings. The molecule has 6 heteroatoms. The highest BCUT2D eigenvalue weighted by Gasteiger charge is 2.20. The van der Waals surface area contributed by atoms with Crippen molar-refractivity contribution in [3.05, 3.63) is 22.4 Å². The van der Waals surface area contributed by atoms with Gasteiger partial charge in [0.1, 0.15) is 5.69 Å². The van der Waals surface area contributed by atoms with E-state index >= 15 is 0 Å². The molecule has 5 nitrogen and oxygen atoms in total. The molecule has 0 radical (unpaired) electrons. The summed E-state index contributed by atoms with van der Waals surface area (Å²) in [5, 5.41) is 2.68. The molecule has 0 aromatic carbocycles. The van der Waals surface area contributed by atoms with Gasteiger partial charge in [0.2, 0.25) is 5.91 Å². The lowest BCUT2D eigenvalue weighted by molar-refractivity contribution is -0.121. The Labute approximate surface area is 122 Å². The summed E-state index contributed by atoms with van der Waals surface area (Å²) < 4.78 is 2.75. The third kappa shape index (κ3) is 4.09. The van der Waals surface area contributed by atoms with Crippen LogP contribution in [0.2, 0.25) is 0 Å². The number of carbonyl (C=O) groups is 2. The second-order valence-electron chi connectivity index (χ2n) is 4.66. The van der Waals surface area contributed by atoms with Gasteiger partial charge in [0, 0.05) is 30.3 Å². The van der Waals surface area contributed by atoms with Gasteiger partial charge in [-0.05, 0) is 42.8 Å². The zero-order valence-corrected chi connectivity index (χ0v) is 13.3. The van der Waals surface area contributed by atoms with Crippen molar-refractivity contribution < 1.29 is 9.59 Å². The van der Waals surface area contributed by atoms with Crippen LogP contribution >= 0.6 is 15.9 Å². The Kier molecular flexibility index (Phi) is 5.60. The normalized spacial score (nSPS) is 10.6. The molecule has 0 unspecified atom stereocenters. The molecular formula is C13H20BrN3O2. The SMILES string of the molecule is CCNC(=O)CN(C)C(=O)c1cc(Br)cn1C(C)C. The van der Waals surface area contributed by atoms with Gasteiger partial charge in [-0.3, -0.25) is 9.59 Å². The lowest BCUT2D eigenvalue weighted by atomic mass is 10.3. The molecule has 0 bridgehead atoms. The number of hydrogen-bond acceptors (Lipinski definition) is 2. The van der Waals surface area contributed by atoms with Crippen LogP contribution in [0.5, 0.6) is 0 Å². The highest BCUT2D eigenvalue weighted by molar-refractivity contribution is 9.10. The van der Waals surface area contributed by atoms with Gasteiger partial charge in [0.25, 0.3) is 5.91 Å². The van der Waals surface area contributed by atoms with Gasteiger partial charge in [-0.15, -0.1) is 0 Å². The third-order valence-corrected chi connectivity index (χ3v) is 3.13. The predicted molar refractivity (Wildman–Crippen MR) is 78.2 cm³/mol. The number of rotatable bonds is 5. The third-order valence-electron chi connectivity index (χ3n) is 2.69. The van der Waals surface area contributed by atoms with E-state index in [1.54, 1.807) is 13.1 Å². The molecule has 106 valence electrons. The number of nitrogens with zero attached hydrogens (tertiary/aromatic N) is 2. The largest absolute Gasteiger partial charge is 0.355 e. The molecule has 0 aliphatic carbocycles. The Balaban J connectivity index is 2.85. The standard InChI is InChI=1S/C13H20BrN3O2/c1-5-15-12(18)8-16(4)13(19)11-6-10(14)7-17(11)9(2)3/h6-7,9H,5,8H2,1-4H3,(H,15,18). The number of aromatic nitrogens is 1. The number of halogens is 1. The highest BCUT2D eigenvalue weighted by atomic mass is 79.9. The van der Waals surface area contributed by atoms with Crippen molar-refractivity contribution >= 4 is 27.7 Å². The number of likely N-dealkylation sites (N-methyl/N-ethyl adjacent to an activating group) is 2. The van der Waals surface area contributed by atoms with Gasteiger partial charge in [0.15, 0.2) is 0 Å². The lowest BCUT2D eigenvalue weighted by Gasteiger charge is -2.19. The second kappa shape index (κ2) is 6.75. The Hall–Kier alpha value is -1.30. The van der Waals surface area contributed by atoms with Gasteiger partial charge in [-0.1, -0.05) is 0 Å². The lowest BCUT2D eigenvalue weighted by Crippen LogP contribution is -2.39. The fraction of sp³-hybridized carbons (Fsp3) is 0.538. The summed E-state index contributed by atoms with van der Waals surface area (Å²) in [7, 11) is 1.63. The van der Waals surface area contributed by atoms with Crippen LogP contribution in [0.1, 0.15) is 37.3 Å². The molecule has 0 saturated carbocycles. The van der Waals surface area contributed by atoms with Gasteiger partial charge >= 0.3 is 0 Å². The topological polar surface area (TPSA) is 54.3 Å². The van der Waals surface area contributed by atoms with E-state index in [9.17, 15) is 9.59 Å². The molecule has 0 saturated heterocycles. The van der Waals surface area contributed by atoms with E-state index in [0.29, 0.717) is 12.2 Å². The van der Waals surface area contributed by atoms with Crippen LogP contribution in [0.25, 0.3) is 0 Å². The van der Waals surface area contributed by atoms with Gasteiger partial charge < -0.3 is 14.8 Å². The molecule has 0 aliphatic heterocycles. The molecule has 2 amide bonds. The Morgan fingerprint density at radius 3 is 2.63 bits per heavy atom. The fourth-order valence-electron chi connectivity index (χ4n) is 1.78. The van der Waals surface area contributed by atoms with Gasteiger partial charge in [0.05, 0.1) is 6.54 Å². The molecule has 0 aliphatic rings. The Bertz CT molecular complexity index is 468. The number of hydrogen-bond donors (Lipinski definition) is 1. The quantitative estimate of drug-likeness (QED) is 0.898. The van der Waals surface area contributed by atoms with Crippen molar-refractivity contribution in [2.24, 2.45) is 0 Å². The van der Waals surface area contributed by atoms with Gasteiger partial charge in [-0.2, -0.15) is 0 Å². The number of carbonyl (C=O) groups excluding carboxylic acids is 2. The first-order valence-electron chi connectivity index (χ1n) is 6.26. The maximum absolute atomic E-state index is 12.3. The average Bonchev–Trinajstić information content (AvgIpc) is 2.70. The van der Waals surface area contributed by atoms with E-state index in [2.05, 4.69) is 21.2 Å². The number of amides is 2. The average molecular weight is 330 g/mol. The molecular weight excluding hydrogens is 310 g/mol. The van der Waals surface area contributed by atoms with Crippen LogP contribution in [0.3, 0.4) is 0 Å². The fourth-order valence-corrected chi connectivity index (χ4v) is 2.22. The van der Waals surface area contributed by atoms with E-state index < -0.39 is 0 Å². The minimum absolute atomic E-state index is 0.0631. The van der Waals surface area contributed by atoms with E-state index in [-0.39, 0.29) is 24.4 Å². The molecule has 19 heavy (non-hydrogen) atoms. The maximum atomic E-state index is 12.3. The summed E-state index contributed by atoms with van der Waals surface area (Å²) in [6.07, 6.45) is 1.87. The van der Waals surface area contributed by atoms with Gasteiger partial charge in [-0.25, -0.2) is 0 Å². The summed E-state index contributed by atoms with van der Waals surface area (Å²) in [5.41, 5.74) is 0.577. The van der Waals surface area contributed by atoms with Crippen LogP contribution in [0.4, 0.5) is 0 Å². The monoisotopic (exact) mass is 329 g/mol. The van der Waals surface area contributed by atoms with E-state index in [0.717, 1.165) is 4.47 Å². The van der Waals surface area contributed by atoms with Crippen molar-refractivity contribution in [2.45, 2.75) is 26.8 Å². The van der Waals surface area contributed by atoms with Crippen molar-refractivity contribution in [2.75, 3.05) is 20.1 Å². The first-order valence-corrected chi connectivity index (χ1v) is 7.05. The highest BCUT2D eigenvalue weighted by Crippen LogP contribution is 2.20. The van der Waals surface area contributed by atoms with Crippen molar-refractivity contribution in [1.29, 1.82) is 0 Å². The first kappa shape index (κ1) is 15.8. The first-order chi connectivity index (χ1) is 8.86. The molecule has 0 fully saturated rings. The molecule has 1 heterocycles. The molecule has 0 atom stereocenters. The number of nitrogens with one attached hydrogen (secondary N) is 1.